The van der Waals surface area contributed by atoms with Crippen molar-refractivity contribution < 1.29 is 65.4 Å². The van der Waals surface area contributed by atoms with Gasteiger partial charge in [0.2, 0.25) is 0 Å². The number of hydrogen-bond acceptors (Lipinski definition) is 0. The average Bonchev–Trinajstić information content (AvgIpc) is 2.62. The van der Waals surface area contributed by atoms with E-state index in [1.165, 1.54) is 29.5 Å². The van der Waals surface area contributed by atoms with Crippen molar-refractivity contribution in [2.45, 2.75) is 40.0 Å². The number of hydrogen-bond donors (Lipinski definition) is 0. The van der Waals surface area contributed by atoms with Gasteiger partial charge in [0.05, 0.1) is 0 Å². The molecule has 5 unspecified atom stereocenters. The average molecular weight is 510 g/mol. The van der Waals surface area contributed by atoms with Crippen LogP contribution in [0.3, 0.4) is 0 Å². The summed E-state index contributed by atoms with van der Waals surface area (Å²) in [6, 6.07) is 19.9. The summed E-state index contributed by atoms with van der Waals surface area (Å²) in [5.74, 6) is 3.50. The van der Waals surface area contributed by atoms with Gasteiger partial charge in [-0.25, -0.2) is 0 Å². The quantitative estimate of drug-likeness (QED) is 0.401. The minimum absolute atomic E-state index is 0. The van der Waals surface area contributed by atoms with Gasteiger partial charge in [0.1, 0.15) is 0 Å². The molecule has 1 aliphatic rings. The smallest absolute Gasteiger partial charge is 0 e. The predicted octanol–water partition coefficient (Wildman–Crippen LogP) is 6.53. The van der Waals surface area contributed by atoms with Gasteiger partial charge < -0.3 is 6.92 Å². The summed E-state index contributed by atoms with van der Waals surface area (Å²) in [5.41, 5.74) is 4.16. The fourth-order valence-electron chi connectivity index (χ4n) is 4.59. The molecule has 0 aromatic heterocycles. The Bertz CT molecular complexity index is 650. The molecule has 0 saturated heterocycles. The van der Waals surface area contributed by atoms with E-state index in [9.17, 15) is 0 Å². The van der Waals surface area contributed by atoms with E-state index in [4.69, 9.17) is 0 Å². The molecule has 0 bridgehead atoms. The molecule has 2 heteroatoms. The Kier molecular flexibility index (Phi) is 11.6. The molecular formula is C25H32Y2-2. The van der Waals surface area contributed by atoms with E-state index in [0.29, 0.717) is 11.8 Å². The Morgan fingerprint density at radius 1 is 0.926 bits per heavy atom. The monoisotopic (exact) mass is 510 g/mol. The first-order chi connectivity index (χ1) is 12.0. The molecule has 1 aliphatic carbocycles. The normalized spacial score (nSPS) is 27.2. The molecule has 5 atom stereocenters. The van der Waals surface area contributed by atoms with Crippen LogP contribution in [0.4, 0.5) is 0 Å². The van der Waals surface area contributed by atoms with Crippen molar-refractivity contribution in [2.24, 2.45) is 29.6 Å². The fourth-order valence-corrected chi connectivity index (χ4v) is 4.59. The molecular weight excluding hydrogens is 478 g/mol. The molecule has 0 aliphatic heterocycles. The zero-order valence-electron chi connectivity index (χ0n) is 17.1. The third kappa shape index (κ3) is 7.06. The first-order valence-corrected chi connectivity index (χ1v) is 9.81. The zero-order valence-corrected chi connectivity index (χ0v) is 22.8. The molecule has 0 spiro atoms. The van der Waals surface area contributed by atoms with Crippen molar-refractivity contribution in [2.75, 3.05) is 0 Å². The van der Waals surface area contributed by atoms with Crippen LogP contribution in [0.5, 0.6) is 0 Å². The summed E-state index contributed by atoms with van der Waals surface area (Å²) in [6.45, 7) is 11.6. The summed E-state index contributed by atoms with van der Waals surface area (Å²) in [4.78, 5) is 0. The molecule has 0 nitrogen and oxygen atoms in total. The molecule has 0 amide bonds. The van der Waals surface area contributed by atoms with Gasteiger partial charge in [-0.2, -0.15) is 30.0 Å². The van der Waals surface area contributed by atoms with E-state index < -0.39 is 0 Å². The summed E-state index contributed by atoms with van der Waals surface area (Å²) < 4.78 is 0. The van der Waals surface area contributed by atoms with Crippen LogP contribution in [0, 0.1) is 49.9 Å². The van der Waals surface area contributed by atoms with Gasteiger partial charge in [-0.3, -0.25) is 0 Å². The number of benzene rings is 2. The topological polar surface area (TPSA) is 0 Å². The van der Waals surface area contributed by atoms with E-state index in [-0.39, 0.29) is 65.4 Å². The second-order valence-corrected chi connectivity index (χ2v) is 8.18. The van der Waals surface area contributed by atoms with Gasteiger partial charge in [-0.05, 0) is 36.7 Å². The van der Waals surface area contributed by atoms with E-state index in [1.807, 2.05) is 0 Å². The summed E-state index contributed by atoms with van der Waals surface area (Å²) in [6.07, 6.45) is 6.03. The number of aryl methyl sites for hydroxylation is 1. The molecule has 27 heavy (non-hydrogen) atoms. The molecule has 1 fully saturated rings. The summed E-state index contributed by atoms with van der Waals surface area (Å²) in [5, 5.41) is 0. The summed E-state index contributed by atoms with van der Waals surface area (Å²) in [7, 11) is 0. The van der Waals surface area contributed by atoms with Crippen molar-refractivity contribution in [1.29, 1.82) is 0 Å². The Balaban J connectivity index is 0.00000182. The Labute approximate surface area is 217 Å². The minimum Gasteiger partial charge on any atom is -0.340 e. The molecule has 2 aromatic carbocycles. The first-order valence-electron chi connectivity index (χ1n) is 9.81. The van der Waals surface area contributed by atoms with Gasteiger partial charge in [0, 0.05) is 65.4 Å². The van der Waals surface area contributed by atoms with E-state index in [1.54, 1.807) is 0 Å². The molecule has 1 saturated carbocycles. The summed E-state index contributed by atoms with van der Waals surface area (Å²) >= 11 is 0. The van der Waals surface area contributed by atoms with Crippen LogP contribution in [0.15, 0.2) is 54.6 Å². The van der Waals surface area contributed by atoms with E-state index >= 15 is 0 Å². The predicted molar refractivity (Wildman–Crippen MR) is 108 cm³/mol. The van der Waals surface area contributed by atoms with Crippen LogP contribution >= 0.6 is 0 Å². The Morgan fingerprint density at radius 3 is 2.19 bits per heavy atom. The Morgan fingerprint density at radius 2 is 1.56 bits per heavy atom. The molecule has 140 valence electrons. The van der Waals surface area contributed by atoms with Crippen molar-refractivity contribution >= 4 is 0 Å². The standard InChI is InChI=1S/C25H32.2Y/c1-18-10-12-22(13-11-18)14-15-25-19(2)16-24(20(3)21(25)4)17-23-8-6-5-7-9-23;;/h5-14,19-21,24-25H,2,15-17H2,1,3-4H3;;/q-2;;. The van der Waals surface area contributed by atoms with Gasteiger partial charge in [0.15, 0.2) is 0 Å². The number of rotatable bonds is 5. The van der Waals surface area contributed by atoms with E-state index in [0.717, 1.165) is 24.2 Å². The van der Waals surface area contributed by atoms with Gasteiger partial charge in [0.25, 0.3) is 0 Å². The van der Waals surface area contributed by atoms with Crippen LogP contribution in [0.1, 0.15) is 43.4 Å². The minimum atomic E-state index is 0. The largest absolute Gasteiger partial charge is 0.340 e. The van der Waals surface area contributed by atoms with Crippen LogP contribution in [0.25, 0.3) is 0 Å². The van der Waals surface area contributed by atoms with Gasteiger partial charge in [-0.15, -0.1) is 12.1 Å². The van der Waals surface area contributed by atoms with Crippen molar-refractivity contribution in [3.8, 4) is 0 Å². The second kappa shape index (κ2) is 12.3. The zero-order chi connectivity index (χ0) is 17.8. The maximum atomic E-state index is 4.56. The van der Waals surface area contributed by atoms with Gasteiger partial charge >= 0.3 is 0 Å². The van der Waals surface area contributed by atoms with Crippen LogP contribution in [-0.4, -0.2) is 0 Å². The fraction of sp³-hybridized carbons (Fsp3) is 0.440. The maximum Gasteiger partial charge on any atom is 0 e. The Hall–Kier alpha value is 0.518. The molecule has 0 heterocycles. The molecule has 2 radical (unpaired) electrons. The van der Waals surface area contributed by atoms with E-state index in [2.05, 4.69) is 88.7 Å². The van der Waals surface area contributed by atoms with Crippen LogP contribution < -0.4 is 0 Å². The van der Waals surface area contributed by atoms with Crippen LogP contribution in [0.2, 0.25) is 0 Å². The first kappa shape index (κ1) is 25.6. The second-order valence-electron chi connectivity index (χ2n) is 8.18. The molecule has 2 aromatic rings. The van der Waals surface area contributed by atoms with Gasteiger partial charge in [-0.1, -0.05) is 68.5 Å². The SMILES string of the molecule is [CH2-]C1CC(Cc2ccccc2)C(C)C(C)C1C[CH-]c1ccc(C)cc1.[Y].[Y]. The molecule has 0 N–H and O–H groups in total. The van der Waals surface area contributed by atoms with Crippen molar-refractivity contribution in [1.82, 2.24) is 0 Å². The van der Waals surface area contributed by atoms with Crippen molar-refractivity contribution in [3.05, 3.63) is 84.6 Å². The third-order valence-corrected chi connectivity index (χ3v) is 6.50. The van der Waals surface area contributed by atoms with Crippen LogP contribution in [-0.2, 0) is 71.8 Å². The third-order valence-electron chi connectivity index (χ3n) is 6.50. The van der Waals surface area contributed by atoms with Crippen molar-refractivity contribution in [3.63, 3.8) is 0 Å². The maximum absolute atomic E-state index is 4.56. The molecule has 3 rings (SSSR count).